The maximum absolute atomic E-state index is 14.0. The summed E-state index contributed by atoms with van der Waals surface area (Å²) >= 11 is 0. The molecule has 0 spiro atoms. The lowest BCUT2D eigenvalue weighted by molar-refractivity contribution is 0.0945. The molecule has 0 atom stereocenters. The molecule has 0 aliphatic heterocycles. The van der Waals surface area contributed by atoms with Gasteiger partial charge in [0, 0.05) is 0 Å². The van der Waals surface area contributed by atoms with Crippen molar-refractivity contribution in [3.63, 3.8) is 0 Å². The van der Waals surface area contributed by atoms with Crippen LogP contribution in [0.25, 0.3) is 0 Å². The Hall–Kier alpha value is -0.940. The number of halogens is 1. The number of rotatable bonds is 4. The Kier molecular flexibility index (Phi) is 3.73. The molecular formula is C13H17FO3S. The summed E-state index contributed by atoms with van der Waals surface area (Å²) in [6.45, 7) is 1.50. The van der Waals surface area contributed by atoms with Gasteiger partial charge in [0.25, 0.3) is 10.1 Å². The minimum atomic E-state index is -3.84. The second kappa shape index (κ2) is 4.97. The molecule has 1 fully saturated rings. The predicted molar refractivity (Wildman–Crippen MR) is 66.6 cm³/mol. The molecule has 0 aromatic heterocycles. The minimum absolute atomic E-state index is 0.0784. The van der Waals surface area contributed by atoms with Crippen LogP contribution in [0.2, 0.25) is 0 Å². The van der Waals surface area contributed by atoms with Crippen LogP contribution in [0.5, 0.6) is 0 Å². The first-order valence-electron chi connectivity index (χ1n) is 6.06. The summed E-state index contributed by atoms with van der Waals surface area (Å²) < 4.78 is 42.6. The van der Waals surface area contributed by atoms with Crippen molar-refractivity contribution in [1.82, 2.24) is 0 Å². The topological polar surface area (TPSA) is 43.4 Å². The Balaban J connectivity index is 2.05. The van der Waals surface area contributed by atoms with Crippen LogP contribution in [0, 0.1) is 6.92 Å². The van der Waals surface area contributed by atoms with E-state index in [4.69, 9.17) is 4.18 Å². The lowest BCUT2D eigenvalue weighted by Crippen LogP contribution is -2.27. The van der Waals surface area contributed by atoms with Crippen LogP contribution in [-0.2, 0) is 14.3 Å². The summed E-state index contributed by atoms with van der Waals surface area (Å²) in [7, 11) is -3.84. The molecule has 1 saturated carbocycles. The molecule has 18 heavy (non-hydrogen) atoms. The number of alkyl halides is 1. The standard InChI is InChI=1S/C13H17FO3S/c1-11-4-6-12(7-5-11)18(15,16)17-10-13(14)8-2-3-9-13/h4-7H,2-3,8-10H2,1H3. The van der Waals surface area contributed by atoms with Crippen molar-refractivity contribution in [2.75, 3.05) is 6.61 Å². The highest BCUT2D eigenvalue weighted by Gasteiger charge is 2.35. The number of aryl methyl sites for hydroxylation is 1. The Bertz CT molecular complexity index is 502. The van der Waals surface area contributed by atoms with Gasteiger partial charge in [-0.25, -0.2) is 4.39 Å². The molecule has 5 heteroatoms. The van der Waals surface area contributed by atoms with E-state index < -0.39 is 15.8 Å². The molecule has 0 unspecified atom stereocenters. The van der Waals surface area contributed by atoms with E-state index in [1.165, 1.54) is 12.1 Å². The van der Waals surface area contributed by atoms with Crippen molar-refractivity contribution in [2.45, 2.75) is 43.2 Å². The number of hydrogen-bond acceptors (Lipinski definition) is 3. The van der Waals surface area contributed by atoms with Gasteiger partial charge in [0.2, 0.25) is 0 Å². The van der Waals surface area contributed by atoms with E-state index >= 15 is 0 Å². The fourth-order valence-electron chi connectivity index (χ4n) is 2.11. The van der Waals surface area contributed by atoms with Gasteiger partial charge in [-0.2, -0.15) is 8.42 Å². The molecule has 0 heterocycles. The highest BCUT2D eigenvalue weighted by atomic mass is 32.2. The lowest BCUT2D eigenvalue weighted by atomic mass is 10.1. The molecule has 1 aromatic rings. The van der Waals surface area contributed by atoms with Crippen molar-refractivity contribution in [3.05, 3.63) is 29.8 Å². The zero-order valence-electron chi connectivity index (χ0n) is 10.4. The van der Waals surface area contributed by atoms with E-state index in [0.717, 1.165) is 18.4 Å². The zero-order chi connectivity index (χ0) is 13.2. The first-order valence-corrected chi connectivity index (χ1v) is 7.47. The molecule has 0 N–H and O–H groups in total. The molecule has 3 nitrogen and oxygen atoms in total. The molecule has 0 saturated heterocycles. The van der Waals surface area contributed by atoms with Gasteiger partial charge in [-0.15, -0.1) is 0 Å². The Morgan fingerprint density at radius 1 is 1.22 bits per heavy atom. The molecule has 1 aromatic carbocycles. The van der Waals surface area contributed by atoms with Crippen molar-refractivity contribution < 1.29 is 17.0 Å². The van der Waals surface area contributed by atoms with Crippen LogP contribution in [0.15, 0.2) is 29.2 Å². The molecule has 2 rings (SSSR count). The van der Waals surface area contributed by atoms with Gasteiger partial charge in [0.05, 0.1) is 4.90 Å². The smallest absolute Gasteiger partial charge is 0.263 e. The van der Waals surface area contributed by atoms with Crippen LogP contribution in [0.3, 0.4) is 0 Å². The van der Waals surface area contributed by atoms with Crippen LogP contribution in [-0.4, -0.2) is 20.7 Å². The fourth-order valence-corrected chi connectivity index (χ4v) is 3.08. The molecule has 0 amide bonds. The average Bonchev–Trinajstić information content (AvgIpc) is 2.75. The normalized spacial score (nSPS) is 19.0. The van der Waals surface area contributed by atoms with Gasteiger partial charge in [-0.3, -0.25) is 4.18 Å². The molecule has 0 bridgehead atoms. The largest absolute Gasteiger partial charge is 0.297 e. The molecule has 1 aliphatic carbocycles. The number of benzene rings is 1. The van der Waals surface area contributed by atoms with E-state index in [9.17, 15) is 12.8 Å². The van der Waals surface area contributed by atoms with Crippen molar-refractivity contribution >= 4 is 10.1 Å². The average molecular weight is 272 g/mol. The van der Waals surface area contributed by atoms with Gasteiger partial charge in [-0.1, -0.05) is 30.5 Å². The maximum atomic E-state index is 14.0. The SMILES string of the molecule is Cc1ccc(S(=O)(=O)OCC2(F)CCCC2)cc1. The van der Waals surface area contributed by atoms with Gasteiger partial charge < -0.3 is 0 Å². The molecule has 100 valence electrons. The third-order valence-corrected chi connectivity index (χ3v) is 4.56. The van der Waals surface area contributed by atoms with Crippen molar-refractivity contribution in [1.29, 1.82) is 0 Å². The monoisotopic (exact) mass is 272 g/mol. The zero-order valence-corrected chi connectivity index (χ0v) is 11.2. The summed E-state index contributed by atoms with van der Waals surface area (Å²) in [5, 5.41) is 0. The van der Waals surface area contributed by atoms with Gasteiger partial charge in [0.1, 0.15) is 12.3 Å². The second-order valence-corrected chi connectivity index (χ2v) is 6.50. The lowest BCUT2D eigenvalue weighted by Gasteiger charge is -2.18. The Morgan fingerprint density at radius 3 is 2.33 bits per heavy atom. The molecular weight excluding hydrogens is 255 g/mol. The first kappa shape index (κ1) is 13.5. The first-order chi connectivity index (χ1) is 8.41. The van der Waals surface area contributed by atoms with Crippen molar-refractivity contribution in [2.24, 2.45) is 0 Å². The summed E-state index contributed by atoms with van der Waals surface area (Å²) in [5.74, 6) is 0. The van der Waals surface area contributed by atoms with Gasteiger partial charge in [-0.05, 0) is 31.9 Å². The van der Waals surface area contributed by atoms with E-state index in [2.05, 4.69) is 0 Å². The van der Waals surface area contributed by atoms with E-state index in [1.807, 2.05) is 6.92 Å². The summed E-state index contributed by atoms with van der Waals surface area (Å²) in [6.07, 6.45) is 2.36. The molecule has 0 radical (unpaired) electrons. The Morgan fingerprint density at radius 2 is 1.78 bits per heavy atom. The van der Waals surface area contributed by atoms with Crippen LogP contribution < -0.4 is 0 Å². The third kappa shape index (κ3) is 3.09. The maximum Gasteiger partial charge on any atom is 0.297 e. The van der Waals surface area contributed by atoms with E-state index in [1.54, 1.807) is 12.1 Å². The van der Waals surface area contributed by atoms with Crippen LogP contribution in [0.4, 0.5) is 4.39 Å². The second-order valence-electron chi connectivity index (χ2n) is 4.89. The van der Waals surface area contributed by atoms with Crippen molar-refractivity contribution in [3.8, 4) is 0 Å². The Labute approximate surface area is 107 Å². The van der Waals surface area contributed by atoms with Gasteiger partial charge in [0.15, 0.2) is 0 Å². The van der Waals surface area contributed by atoms with Crippen LogP contribution in [0.1, 0.15) is 31.2 Å². The quantitative estimate of drug-likeness (QED) is 0.791. The van der Waals surface area contributed by atoms with E-state index in [0.29, 0.717) is 12.8 Å². The summed E-state index contributed by atoms with van der Waals surface area (Å²) in [5.41, 5.74) is -0.510. The number of hydrogen-bond donors (Lipinski definition) is 0. The van der Waals surface area contributed by atoms with Crippen LogP contribution >= 0.6 is 0 Å². The molecule has 1 aliphatic rings. The summed E-state index contributed by atoms with van der Waals surface area (Å²) in [4.78, 5) is 0.0784. The highest BCUT2D eigenvalue weighted by molar-refractivity contribution is 7.86. The third-order valence-electron chi connectivity index (χ3n) is 3.28. The summed E-state index contributed by atoms with van der Waals surface area (Å²) in [6, 6.07) is 6.34. The highest BCUT2D eigenvalue weighted by Crippen LogP contribution is 2.34. The minimum Gasteiger partial charge on any atom is -0.263 e. The van der Waals surface area contributed by atoms with Gasteiger partial charge >= 0.3 is 0 Å². The fraction of sp³-hybridized carbons (Fsp3) is 0.538. The predicted octanol–water partition coefficient (Wildman–Crippen LogP) is 2.98. The van der Waals surface area contributed by atoms with E-state index in [-0.39, 0.29) is 11.5 Å².